The topological polar surface area (TPSA) is 20.2 Å². The smallest absolute Gasteiger partial charge is 0.0787 e. The van der Waals surface area contributed by atoms with E-state index in [0.29, 0.717) is 0 Å². The maximum Gasteiger partial charge on any atom is 0.0787 e. The third-order valence-electron chi connectivity index (χ3n) is 1.62. The summed E-state index contributed by atoms with van der Waals surface area (Å²) in [6.07, 6.45) is 5.95. The molecule has 0 fully saturated rings. The van der Waals surface area contributed by atoms with E-state index in [1.807, 2.05) is 32.9 Å². The maximum absolute atomic E-state index is 9.46. The van der Waals surface area contributed by atoms with Gasteiger partial charge in [0.05, 0.1) is 6.10 Å². The monoisotopic (exact) mass is 166 g/mol. The highest BCUT2D eigenvalue weighted by atomic mass is 16.3. The number of rotatable bonds is 4. The van der Waals surface area contributed by atoms with Crippen molar-refractivity contribution in [3.05, 3.63) is 36.0 Å². The van der Waals surface area contributed by atoms with Gasteiger partial charge in [-0.1, -0.05) is 37.3 Å². The molecule has 68 valence electrons. The van der Waals surface area contributed by atoms with E-state index in [9.17, 15) is 5.11 Å². The summed E-state index contributed by atoms with van der Waals surface area (Å²) < 4.78 is 0. The van der Waals surface area contributed by atoms with Crippen LogP contribution < -0.4 is 0 Å². The van der Waals surface area contributed by atoms with Crippen molar-refractivity contribution >= 4 is 0 Å². The zero-order chi connectivity index (χ0) is 9.56. The van der Waals surface area contributed by atoms with Gasteiger partial charge in [0.15, 0.2) is 0 Å². The summed E-state index contributed by atoms with van der Waals surface area (Å²) >= 11 is 0. The highest BCUT2D eigenvalue weighted by Crippen LogP contribution is 2.07. The van der Waals surface area contributed by atoms with E-state index in [1.165, 1.54) is 5.57 Å². The quantitative estimate of drug-likeness (QED) is 0.637. The molecule has 0 aromatic rings. The Labute approximate surface area is 75.1 Å². The first-order valence-electron chi connectivity index (χ1n) is 4.27. The van der Waals surface area contributed by atoms with Crippen molar-refractivity contribution in [1.82, 2.24) is 0 Å². The first kappa shape index (κ1) is 11.2. The SMILES string of the molecule is C=C/C(=C\C=C(C)C)[C@@H](O)CC. The van der Waals surface area contributed by atoms with E-state index >= 15 is 0 Å². The summed E-state index contributed by atoms with van der Waals surface area (Å²) in [5.74, 6) is 0. The van der Waals surface area contributed by atoms with E-state index in [2.05, 4.69) is 6.58 Å². The lowest BCUT2D eigenvalue weighted by molar-refractivity contribution is 0.210. The van der Waals surface area contributed by atoms with Gasteiger partial charge in [0.2, 0.25) is 0 Å². The third-order valence-corrected chi connectivity index (χ3v) is 1.62. The van der Waals surface area contributed by atoms with Crippen molar-refractivity contribution in [3.63, 3.8) is 0 Å². The van der Waals surface area contributed by atoms with Crippen LogP contribution >= 0.6 is 0 Å². The standard InChI is InChI=1S/C11H18O/c1-5-10(11(12)6-2)8-7-9(3)4/h5,7-8,11-12H,1,6H2,2-4H3/b10-8+/t11-/m0/s1. The molecule has 1 atom stereocenters. The Balaban J connectivity index is 4.43. The molecule has 0 unspecified atom stereocenters. The van der Waals surface area contributed by atoms with Gasteiger partial charge in [-0.3, -0.25) is 0 Å². The van der Waals surface area contributed by atoms with E-state index in [1.54, 1.807) is 6.08 Å². The fourth-order valence-electron chi connectivity index (χ4n) is 0.814. The first-order chi connectivity index (χ1) is 5.61. The van der Waals surface area contributed by atoms with Crippen molar-refractivity contribution in [1.29, 1.82) is 0 Å². The molecule has 0 heterocycles. The maximum atomic E-state index is 9.46. The second kappa shape index (κ2) is 5.78. The molecular formula is C11H18O. The predicted octanol–water partition coefficient (Wildman–Crippen LogP) is 2.84. The molecule has 0 saturated heterocycles. The Kier molecular flexibility index (Phi) is 5.39. The van der Waals surface area contributed by atoms with Crippen LogP contribution in [-0.4, -0.2) is 11.2 Å². The van der Waals surface area contributed by atoms with Gasteiger partial charge in [0.25, 0.3) is 0 Å². The molecule has 1 N–H and O–H groups in total. The minimum Gasteiger partial charge on any atom is -0.388 e. The van der Waals surface area contributed by atoms with Crippen LogP contribution in [-0.2, 0) is 0 Å². The van der Waals surface area contributed by atoms with Crippen LogP contribution in [0.4, 0.5) is 0 Å². The summed E-state index contributed by atoms with van der Waals surface area (Å²) in [7, 11) is 0. The van der Waals surface area contributed by atoms with Crippen LogP contribution in [0.1, 0.15) is 27.2 Å². The van der Waals surface area contributed by atoms with Crippen molar-refractivity contribution in [3.8, 4) is 0 Å². The van der Waals surface area contributed by atoms with E-state index in [4.69, 9.17) is 0 Å². The average Bonchev–Trinajstić information content (AvgIpc) is 2.04. The normalized spacial score (nSPS) is 13.8. The Bertz CT molecular complexity index is 195. The van der Waals surface area contributed by atoms with Gasteiger partial charge < -0.3 is 5.11 Å². The van der Waals surface area contributed by atoms with Gasteiger partial charge in [0.1, 0.15) is 0 Å². The molecule has 0 spiro atoms. The van der Waals surface area contributed by atoms with Crippen molar-refractivity contribution in [2.24, 2.45) is 0 Å². The molecule has 0 aliphatic heterocycles. The Morgan fingerprint density at radius 2 is 2.00 bits per heavy atom. The van der Waals surface area contributed by atoms with Gasteiger partial charge in [-0.2, -0.15) is 0 Å². The first-order valence-corrected chi connectivity index (χ1v) is 4.27. The number of hydrogen-bond acceptors (Lipinski definition) is 1. The molecule has 0 aliphatic carbocycles. The number of aliphatic hydroxyl groups excluding tert-OH is 1. The number of allylic oxidation sites excluding steroid dienone is 3. The summed E-state index contributed by atoms with van der Waals surface area (Å²) in [6, 6.07) is 0. The van der Waals surface area contributed by atoms with Gasteiger partial charge in [-0.25, -0.2) is 0 Å². The highest BCUT2D eigenvalue weighted by Gasteiger charge is 2.02. The summed E-state index contributed by atoms with van der Waals surface area (Å²) in [4.78, 5) is 0. The zero-order valence-corrected chi connectivity index (χ0v) is 8.17. The lowest BCUT2D eigenvalue weighted by atomic mass is 10.1. The van der Waals surface area contributed by atoms with Crippen molar-refractivity contribution in [2.75, 3.05) is 0 Å². The van der Waals surface area contributed by atoms with Crippen LogP contribution in [0.15, 0.2) is 36.0 Å². The zero-order valence-electron chi connectivity index (χ0n) is 8.17. The van der Waals surface area contributed by atoms with E-state index in [0.717, 1.165) is 12.0 Å². The molecule has 1 heteroatoms. The molecular weight excluding hydrogens is 148 g/mol. The molecule has 0 radical (unpaired) electrons. The molecule has 0 aliphatic rings. The molecule has 0 saturated carbocycles. The number of hydrogen-bond donors (Lipinski definition) is 1. The van der Waals surface area contributed by atoms with Crippen LogP contribution in [0.2, 0.25) is 0 Å². The van der Waals surface area contributed by atoms with Crippen LogP contribution in [0.25, 0.3) is 0 Å². The minimum atomic E-state index is -0.377. The Morgan fingerprint density at radius 3 is 2.33 bits per heavy atom. The molecule has 0 aromatic heterocycles. The van der Waals surface area contributed by atoms with Crippen LogP contribution in [0.5, 0.6) is 0 Å². The highest BCUT2D eigenvalue weighted by molar-refractivity contribution is 5.26. The van der Waals surface area contributed by atoms with Crippen molar-refractivity contribution in [2.45, 2.75) is 33.3 Å². The van der Waals surface area contributed by atoms with Crippen molar-refractivity contribution < 1.29 is 5.11 Å². The van der Waals surface area contributed by atoms with Gasteiger partial charge in [-0.05, 0) is 25.8 Å². The second-order valence-corrected chi connectivity index (χ2v) is 3.04. The number of aliphatic hydroxyl groups is 1. The molecule has 12 heavy (non-hydrogen) atoms. The lowest BCUT2D eigenvalue weighted by Gasteiger charge is -2.07. The molecule has 1 nitrogen and oxygen atoms in total. The Morgan fingerprint density at radius 1 is 1.42 bits per heavy atom. The third kappa shape index (κ3) is 4.14. The van der Waals surface area contributed by atoms with Crippen LogP contribution in [0, 0.1) is 0 Å². The fourth-order valence-corrected chi connectivity index (χ4v) is 0.814. The second-order valence-electron chi connectivity index (χ2n) is 3.04. The lowest BCUT2D eigenvalue weighted by Crippen LogP contribution is -2.05. The van der Waals surface area contributed by atoms with Gasteiger partial charge in [-0.15, -0.1) is 0 Å². The Hall–Kier alpha value is -0.820. The summed E-state index contributed by atoms with van der Waals surface area (Å²) in [5.41, 5.74) is 2.11. The summed E-state index contributed by atoms with van der Waals surface area (Å²) in [5, 5.41) is 9.46. The minimum absolute atomic E-state index is 0.377. The van der Waals surface area contributed by atoms with E-state index in [-0.39, 0.29) is 6.10 Å². The molecule has 0 amide bonds. The predicted molar refractivity (Wildman–Crippen MR) is 54.0 cm³/mol. The summed E-state index contributed by atoms with van der Waals surface area (Å²) in [6.45, 7) is 9.65. The van der Waals surface area contributed by atoms with Gasteiger partial charge in [0, 0.05) is 0 Å². The molecule has 0 rings (SSSR count). The molecule has 0 bridgehead atoms. The fraction of sp³-hybridized carbons (Fsp3) is 0.455. The average molecular weight is 166 g/mol. The van der Waals surface area contributed by atoms with E-state index < -0.39 is 0 Å². The van der Waals surface area contributed by atoms with Crippen LogP contribution in [0.3, 0.4) is 0 Å². The van der Waals surface area contributed by atoms with Gasteiger partial charge >= 0.3 is 0 Å². The molecule has 0 aromatic carbocycles. The largest absolute Gasteiger partial charge is 0.388 e.